The average molecular weight is 335 g/mol. The Balaban J connectivity index is 1.67. The van der Waals surface area contributed by atoms with Gasteiger partial charge in [-0.2, -0.15) is 4.98 Å². The Hall–Kier alpha value is -1.93. The van der Waals surface area contributed by atoms with Gasteiger partial charge < -0.3 is 25.4 Å². The molecule has 0 aromatic carbocycles. The minimum Gasteiger partial charge on any atom is -0.395 e. The van der Waals surface area contributed by atoms with Gasteiger partial charge >= 0.3 is 0 Å². The molecule has 1 atom stereocenters. The SMILES string of the molecule is O=C(CNc1cc([C@H]2CCOC2)nc(NCCO)n1)N1CCCC1. The summed E-state index contributed by atoms with van der Waals surface area (Å²) in [6.07, 6.45) is 3.10. The number of amides is 1. The van der Waals surface area contributed by atoms with Crippen LogP contribution in [0.5, 0.6) is 0 Å². The molecule has 8 nitrogen and oxygen atoms in total. The number of aliphatic hydroxyl groups excluding tert-OH is 1. The molecule has 3 N–H and O–H groups in total. The summed E-state index contributed by atoms with van der Waals surface area (Å²) < 4.78 is 5.44. The summed E-state index contributed by atoms with van der Waals surface area (Å²) in [6, 6.07) is 1.89. The molecule has 2 aliphatic rings. The molecule has 2 aliphatic heterocycles. The molecule has 0 spiro atoms. The number of aromatic nitrogens is 2. The van der Waals surface area contributed by atoms with Gasteiger partial charge in [-0.15, -0.1) is 0 Å². The third kappa shape index (κ3) is 4.33. The molecule has 0 radical (unpaired) electrons. The molecule has 3 heterocycles. The maximum absolute atomic E-state index is 12.2. The number of anilines is 2. The fraction of sp³-hybridized carbons (Fsp3) is 0.688. The molecule has 1 aromatic rings. The highest BCUT2D eigenvalue weighted by Gasteiger charge is 2.21. The van der Waals surface area contributed by atoms with Crippen LogP contribution in [0, 0.1) is 0 Å². The molecule has 0 saturated carbocycles. The van der Waals surface area contributed by atoms with Crippen molar-refractivity contribution < 1.29 is 14.6 Å². The summed E-state index contributed by atoms with van der Waals surface area (Å²) >= 11 is 0. The molecule has 0 unspecified atom stereocenters. The van der Waals surface area contributed by atoms with Crippen molar-refractivity contribution in [3.8, 4) is 0 Å². The van der Waals surface area contributed by atoms with E-state index in [1.54, 1.807) is 0 Å². The number of nitrogens with zero attached hydrogens (tertiary/aromatic N) is 3. The third-order valence-corrected chi connectivity index (χ3v) is 4.37. The van der Waals surface area contributed by atoms with Gasteiger partial charge in [0.2, 0.25) is 11.9 Å². The Bertz CT molecular complexity index is 557. The lowest BCUT2D eigenvalue weighted by Gasteiger charge is -2.17. The van der Waals surface area contributed by atoms with Crippen LogP contribution >= 0.6 is 0 Å². The van der Waals surface area contributed by atoms with Crippen molar-refractivity contribution >= 4 is 17.7 Å². The van der Waals surface area contributed by atoms with Gasteiger partial charge in [0, 0.05) is 38.2 Å². The first kappa shape index (κ1) is 16.9. The van der Waals surface area contributed by atoms with Crippen LogP contribution in [-0.2, 0) is 9.53 Å². The fourth-order valence-electron chi connectivity index (χ4n) is 3.02. The van der Waals surface area contributed by atoms with Crippen molar-refractivity contribution in [1.29, 1.82) is 0 Å². The molecular weight excluding hydrogens is 310 g/mol. The van der Waals surface area contributed by atoms with E-state index in [0.717, 1.165) is 44.7 Å². The van der Waals surface area contributed by atoms with Crippen molar-refractivity contribution in [3.63, 3.8) is 0 Å². The molecule has 0 bridgehead atoms. The van der Waals surface area contributed by atoms with Crippen LogP contribution in [0.1, 0.15) is 30.9 Å². The van der Waals surface area contributed by atoms with Gasteiger partial charge in [-0.05, 0) is 19.3 Å². The number of likely N-dealkylation sites (tertiary alicyclic amines) is 1. The highest BCUT2D eigenvalue weighted by molar-refractivity contribution is 5.80. The zero-order valence-corrected chi connectivity index (χ0v) is 13.8. The largest absolute Gasteiger partial charge is 0.395 e. The predicted molar refractivity (Wildman–Crippen MR) is 90.1 cm³/mol. The second-order valence-corrected chi connectivity index (χ2v) is 6.15. The number of rotatable bonds is 7. The first-order valence-electron chi connectivity index (χ1n) is 8.59. The summed E-state index contributed by atoms with van der Waals surface area (Å²) in [6.45, 7) is 3.72. The average Bonchev–Trinajstić information content (AvgIpc) is 3.31. The third-order valence-electron chi connectivity index (χ3n) is 4.37. The van der Waals surface area contributed by atoms with Gasteiger partial charge in [0.1, 0.15) is 5.82 Å². The Labute approximate surface area is 141 Å². The normalized spacial score (nSPS) is 20.4. The number of carbonyl (C=O) groups excluding carboxylic acids is 1. The number of aliphatic hydroxyl groups is 1. The van der Waals surface area contributed by atoms with Crippen molar-refractivity contribution in [3.05, 3.63) is 11.8 Å². The monoisotopic (exact) mass is 335 g/mol. The first-order chi connectivity index (χ1) is 11.8. The van der Waals surface area contributed by atoms with E-state index < -0.39 is 0 Å². The number of nitrogens with one attached hydrogen (secondary N) is 2. The van der Waals surface area contributed by atoms with Gasteiger partial charge in [-0.3, -0.25) is 4.79 Å². The molecule has 0 aliphatic carbocycles. The molecule has 1 amide bonds. The van der Waals surface area contributed by atoms with E-state index in [9.17, 15) is 4.79 Å². The maximum Gasteiger partial charge on any atom is 0.241 e. The molecule has 3 rings (SSSR count). The molecule has 24 heavy (non-hydrogen) atoms. The molecule has 2 fully saturated rings. The summed E-state index contributed by atoms with van der Waals surface area (Å²) in [5.74, 6) is 1.43. The van der Waals surface area contributed by atoms with Crippen molar-refractivity contribution in [2.45, 2.75) is 25.2 Å². The van der Waals surface area contributed by atoms with Crippen LogP contribution < -0.4 is 10.6 Å². The van der Waals surface area contributed by atoms with E-state index in [4.69, 9.17) is 9.84 Å². The van der Waals surface area contributed by atoms with Crippen LogP contribution in [0.2, 0.25) is 0 Å². The van der Waals surface area contributed by atoms with E-state index in [-0.39, 0.29) is 25.0 Å². The van der Waals surface area contributed by atoms with E-state index in [2.05, 4.69) is 20.6 Å². The maximum atomic E-state index is 12.2. The Morgan fingerprint density at radius 1 is 1.33 bits per heavy atom. The standard InChI is InChI=1S/C16H25N5O3/c22-7-4-17-16-19-13(12-3-8-24-11-12)9-14(20-16)18-10-15(23)21-5-1-2-6-21/h9,12,22H,1-8,10-11H2,(H2,17,18,19,20)/t12-/m0/s1. The summed E-state index contributed by atoms with van der Waals surface area (Å²) in [7, 11) is 0. The van der Waals surface area contributed by atoms with Crippen LogP contribution in [0.15, 0.2) is 6.07 Å². The molecular formula is C16H25N5O3. The minimum absolute atomic E-state index is 0.0103. The first-order valence-corrected chi connectivity index (χ1v) is 8.59. The number of carbonyl (C=O) groups is 1. The van der Waals surface area contributed by atoms with Crippen molar-refractivity contribution in [2.75, 3.05) is 56.6 Å². The second-order valence-electron chi connectivity index (χ2n) is 6.15. The molecule has 2 saturated heterocycles. The van der Waals surface area contributed by atoms with Crippen molar-refractivity contribution in [2.24, 2.45) is 0 Å². The van der Waals surface area contributed by atoms with E-state index >= 15 is 0 Å². The molecule has 8 heteroatoms. The van der Waals surface area contributed by atoms with Gasteiger partial charge in [0.05, 0.1) is 25.5 Å². The quantitative estimate of drug-likeness (QED) is 0.664. The molecule has 132 valence electrons. The lowest BCUT2D eigenvalue weighted by molar-refractivity contribution is -0.128. The smallest absolute Gasteiger partial charge is 0.241 e. The summed E-state index contributed by atoms with van der Waals surface area (Å²) in [4.78, 5) is 22.9. The zero-order valence-electron chi connectivity index (χ0n) is 13.8. The van der Waals surface area contributed by atoms with Gasteiger partial charge in [-0.25, -0.2) is 4.98 Å². The Morgan fingerprint density at radius 2 is 2.17 bits per heavy atom. The summed E-state index contributed by atoms with van der Waals surface area (Å²) in [5.41, 5.74) is 0.902. The van der Waals surface area contributed by atoms with Crippen molar-refractivity contribution in [1.82, 2.24) is 14.9 Å². The zero-order chi connectivity index (χ0) is 16.8. The van der Waals surface area contributed by atoms with Crippen LogP contribution in [0.4, 0.5) is 11.8 Å². The van der Waals surface area contributed by atoms with Gasteiger partial charge in [-0.1, -0.05) is 0 Å². The van der Waals surface area contributed by atoms with Crippen LogP contribution in [-0.4, -0.2) is 71.9 Å². The number of hydrogen-bond donors (Lipinski definition) is 3. The van der Waals surface area contributed by atoms with E-state index in [1.165, 1.54) is 0 Å². The van der Waals surface area contributed by atoms with Crippen LogP contribution in [0.25, 0.3) is 0 Å². The second kappa shape index (κ2) is 8.25. The molecule has 1 aromatic heterocycles. The Morgan fingerprint density at radius 3 is 2.88 bits per heavy atom. The topological polar surface area (TPSA) is 99.6 Å². The predicted octanol–water partition coefficient (Wildman–Crippen LogP) is 0.419. The van der Waals surface area contributed by atoms with E-state index in [0.29, 0.717) is 24.9 Å². The van der Waals surface area contributed by atoms with Crippen LogP contribution in [0.3, 0.4) is 0 Å². The van der Waals surface area contributed by atoms with Gasteiger partial charge in [0.25, 0.3) is 0 Å². The lowest BCUT2D eigenvalue weighted by atomic mass is 10.0. The fourth-order valence-corrected chi connectivity index (χ4v) is 3.02. The van der Waals surface area contributed by atoms with E-state index in [1.807, 2.05) is 11.0 Å². The summed E-state index contributed by atoms with van der Waals surface area (Å²) in [5, 5.41) is 15.1. The number of hydrogen-bond acceptors (Lipinski definition) is 7. The van der Waals surface area contributed by atoms with Gasteiger partial charge in [0.15, 0.2) is 0 Å². The Kier molecular flexibility index (Phi) is 5.81. The lowest BCUT2D eigenvalue weighted by Crippen LogP contribution is -2.33. The highest BCUT2D eigenvalue weighted by Crippen LogP contribution is 2.26. The number of ether oxygens (including phenoxy) is 1. The minimum atomic E-state index is 0.0103. The highest BCUT2D eigenvalue weighted by atomic mass is 16.5.